The molecule has 1 amide bonds. The standard InChI is InChI=1S/C24H27FN4O2/c1-17-13-18(2)29(27-17)16-24(30)26-11-12-28-14-19-7-3-6-10-22(19)31-23(15-28)20-8-4-5-9-21(20)25/h3-10,13,23H,11-12,14-16H2,1-2H3,(H,26,30). The summed E-state index contributed by atoms with van der Waals surface area (Å²) in [5.41, 5.74) is 3.45. The maximum absolute atomic E-state index is 14.4. The van der Waals surface area contributed by atoms with Crippen LogP contribution in [-0.4, -0.2) is 40.2 Å². The van der Waals surface area contributed by atoms with E-state index in [1.807, 2.05) is 50.2 Å². The molecule has 1 atom stereocenters. The third-order valence-corrected chi connectivity index (χ3v) is 5.46. The lowest BCUT2D eigenvalue weighted by Gasteiger charge is -2.24. The molecule has 2 aromatic carbocycles. The number of benzene rings is 2. The number of rotatable bonds is 6. The van der Waals surface area contributed by atoms with Crippen molar-refractivity contribution in [3.63, 3.8) is 0 Å². The molecule has 3 aromatic rings. The molecule has 0 saturated heterocycles. The zero-order chi connectivity index (χ0) is 21.8. The highest BCUT2D eigenvalue weighted by Crippen LogP contribution is 2.31. The number of nitrogens with one attached hydrogen (secondary N) is 1. The quantitative estimate of drug-likeness (QED) is 0.662. The van der Waals surface area contributed by atoms with Gasteiger partial charge in [0, 0.05) is 43.0 Å². The van der Waals surface area contributed by atoms with E-state index in [9.17, 15) is 9.18 Å². The van der Waals surface area contributed by atoms with Crippen LogP contribution in [0.3, 0.4) is 0 Å². The molecule has 162 valence electrons. The summed E-state index contributed by atoms with van der Waals surface area (Å²) in [5.74, 6) is 0.417. The Hall–Kier alpha value is -3.19. The van der Waals surface area contributed by atoms with E-state index in [-0.39, 0.29) is 18.3 Å². The second-order valence-corrected chi connectivity index (χ2v) is 7.91. The van der Waals surface area contributed by atoms with Crippen molar-refractivity contribution in [2.75, 3.05) is 19.6 Å². The summed E-state index contributed by atoms with van der Waals surface area (Å²) in [5, 5.41) is 7.30. The van der Waals surface area contributed by atoms with Crippen LogP contribution in [0.25, 0.3) is 0 Å². The lowest BCUT2D eigenvalue weighted by atomic mass is 10.1. The smallest absolute Gasteiger partial charge is 0.241 e. The number of aryl methyl sites for hydroxylation is 2. The maximum atomic E-state index is 14.4. The molecular formula is C24H27FN4O2. The second kappa shape index (κ2) is 9.31. The van der Waals surface area contributed by atoms with Crippen molar-refractivity contribution >= 4 is 5.91 Å². The summed E-state index contributed by atoms with van der Waals surface area (Å²) in [6.07, 6.45) is -0.421. The number of hydrogen-bond donors (Lipinski definition) is 1. The summed E-state index contributed by atoms with van der Waals surface area (Å²) in [4.78, 5) is 14.5. The van der Waals surface area contributed by atoms with Gasteiger partial charge in [-0.1, -0.05) is 36.4 Å². The van der Waals surface area contributed by atoms with Crippen LogP contribution in [0, 0.1) is 19.7 Å². The zero-order valence-corrected chi connectivity index (χ0v) is 17.8. The number of carbonyl (C=O) groups excluding carboxylic acids is 1. The first-order valence-corrected chi connectivity index (χ1v) is 10.5. The number of carbonyl (C=O) groups is 1. The minimum absolute atomic E-state index is 0.0803. The minimum atomic E-state index is -0.421. The first kappa shape index (κ1) is 21.1. The molecule has 31 heavy (non-hydrogen) atoms. The van der Waals surface area contributed by atoms with Gasteiger partial charge in [-0.25, -0.2) is 4.39 Å². The van der Waals surface area contributed by atoms with Gasteiger partial charge in [-0.2, -0.15) is 5.10 Å². The molecule has 0 bridgehead atoms. The molecule has 7 heteroatoms. The van der Waals surface area contributed by atoms with Gasteiger partial charge in [0.25, 0.3) is 0 Å². The number of fused-ring (bicyclic) bond motifs is 1. The largest absolute Gasteiger partial charge is 0.484 e. The second-order valence-electron chi connectivity index (χ2n) is 7.91. The van der Waals surface area contributed by atoms with Gasteiger partial charge in [0.1, 0.15) is 24.2 Å². The van der Waals surface area contributed by atoms with Crippen molar-refractivity contribution in [1.29, 1.82) is 0 Å². The van der Waals surface area contributed by atoms with Crippen molar-refractivity contribution in [3.05, 3.63) is 82.9 Å². The van der Waals surface area contributed by atoms with Gasteiger partial charge in [0.05, 0.1) is 5.69 Å². The first-order valence-electron chi connectivity index (χ1n) is 10.5. The Bertz CT molecular complexity index is 1070. The van der Waals surface area contributed by atoms with Gasteiger partial charge < -0.3 is 10.1 Å². The molecule has 1 unspecified atom stereocenters. The van der Waals surface area contributed by atoms with Crippen LogP contribution in [0.1, 0.15) is 28.6 Å². The fraction of sp³-hybridized carbons (Fsp3) is 0.333. The van der Waals surface area contributed by atoms with Gasteiger partial charge in [-0.15, -0.1) is 0 Å². The highest BCUT2D eigenvalue weighted by Gasteiger charge is 2.26. The molecule has 0 fully saturated rings. The molecule has 1 aromatic heterocycles. The van der Waals surface area contributed by atoms with Crippen molar-refractivity contribution in [2.24, 2.45) is 0 Å². The zero-order valence-electron chi connectivity index (χ0n) is 17.8. The Morgan fingerprint density at radius 1 is 1.19 bits per heavy atom. The van der Waals surface area contributed by atoms with E-state index in [4.69, 9.17) is 4.74 Å². The van der Waals surface area contributed by atoms with Crippen LogP contribution in [-0.2, 0) is 17.9 Å². The predicted molar refractivity (Wildman–Crippen MR) is 116 cm³/mol. The summed E-state index contributed by atoms with van der Waals surface area (Å²) < 4.78 is 22.3. The summed E-state index contributed by atoms with van der Waals surface area (Å²) >= 11 is 0. The van der Waals surface area contributed by atoms with Gasteiger partial charge in [-0.3, -0.25) is 14.4 Å². The van der Waals surface area contributed by atoms with E-state index in [1.54, 1.807) is 16.8 Å². The number of hydrogen-bond acceptors (Lipinski definition) is 4. The van der Waals surface area contributed by atoms with Crippen LogP contribution in [0.15, 0.2) is 54.6 Å². The number of para-hydroxylation sites is 1. The van der Waals surface area contributed by atoms with Gasteiger partial charge >= 0.3 is 0 Å². The molecule has 6 nitrogen and oxygen atoms in total. The summed E-state index contributed by atoms with van der Waals surface area (Å²) in [6, 6.07) is 16.5. The predicted octanol–water partition coefficient (Wildman–Crippen LogP) is 3.39. The third-order valence-electron chi connectivity index (χ3n) is 5.46. The SMILES string of the molecule is Cc1cc(C)n(CC(=O)NCCN2Cc3ccccc3OC(c3ccccc3F)C2)n1. The molecule has 0 saturated carbocycles. The van der Waals surface area contributed by atoms with Gasteiger partial charge in [0.2, 0.25) is 5.91 Å². The number of halogens is 1. The first-order chi connectivity index (χ1) is 15.0. The lowest BCUT2D eigenvalue weighted by molar-refractivity contribution is -0.121. The molecule has 1 N–H and O–H groups in total. The normalized spacial score (nSPS) is 16.3. The molecule has 1 aliphatic heterocycles. The number of amides is 1. The molecule has 1 aliphatic rings. The Balaban J connectivity index is 1.41. The molecule has 0 aliphatic carbocycles. The van der Waals surface area contributed by atoms with E-state index >= 15 is 0 Å². The van der Waals surface area contributed by atoms with Crippen LogP contribution in [0.5, 0.6) is 5.75 Å². The molecule has 0 radical (unpaired) electrons. The monoisotopic (exact) mass is 422 g/mol. The van der Waals surface area contributed by atoms with E-state index in [0.717, 1.165) is 22.7 Å². The van der Waals surface area contributed by atoms with Crippen molar-refractivity contribution in [3.8, 4) is 5.75 Å². The minimum Gasteiger partial charge on any atom is -0.484 e. The molecular weight excluding hydrogens is 395 g/mol. The topological polar surface area (TPSA) is 59.4 Å². The Morgan fingerprint density at radius 3 is 2.74 bits per heavy atom. The summed E-state index contributed by atoms with van der Waals surface area (Å²) in [6.45, 7) is 6.37. The van der Waals surface area contributed by atoms with Crippen molar-refractivity contribution < 1.29 is 13.9 Å². The van der Waals surface area contributed by atoms with Gasteiger partial charge in [-0.05, 0) is 32.0 Å². The Kier molecular flexibility index (Phi) is 6.32. The Morgan fingerprint density at radius 2 is 1.97 bits per heavy atom. The third kappa shape index (κ3) is 5.11. The van der Waals surface area contributed by atoms with Crippen LogP contribution < -0.4 is 10.1 Å². The Labute approximate surface area is 181 Å². The van der Waals surface area contributed by atoms with Crippen LogP contribution >= 0.6 is 0 Å². The molecule has 2 heterocycles. The van der Waals surface area contributed by atoms with E-state index in [0.29, 0.717) is 31.7 Å². The average Bonchev–Trinajstić information content (AvgIpc) is 2.94. The van der Waals surface area contributed by atoms with Crippen LogP contribution in [0.4, 0.5) is 4.39 Å². The number of nitrogens with zero attached hydrogens (tertiary/aromatic N) is 3. The fourth-order valence-electron chi connectivity index (χ4n) is 3.93. The fourth-order valence-corrected chi connectivity index (χ4v) is 3.93. The van der Waals surface area contributed by atoms with Crippen molar-refractivity contribution in [1.82, 2.24) is 20.0 Å². The average molecular weight is 423 g/mol. The number of ether oxygens (including phenoxy) is 1. The summed E-state index contributed by atoms with van der Waals surface area (Å²) in [7, 11) is 0. The van der Waals surface area contributed by atoms with Gasteiger partial charge in [0.15, 0.2) is 0 Å². The molecule has 4 rings (SSSR count). The van der Waals surface area contributed by atoms with E-state index in [2.05, 4.69) is 15.3 Å². The van der Waals surface area contributed by atoms with Crippen LogP contribution in [0.2, 0.25) is 0 Å². The highest BCUT2D eigenvalue weighted by atomic mass is 19.1. The number of aromatic nitrogens is 2. The van der Waals surface area contributed by atoms with E-state index in [1.165, 1.54) is 6.07 Å². The van der Waals surface area contributed by atoms with E-state index < -0.39 is 6.10 Å². The van der Waals surface area contributed by atoms with Crippen molar-refractivity contribution in [2.45, 2.75) is 33.0 Å². The molecule has 0 spiro atoms. The maximum Gasteiger partial charge on any atom is 0.241 e. The lowest BCUT2D eigenvalue weighted by Crippen LogP contribution is -2.38. The highest BCUT2D eigenvalue weighted by molar-refractivity contribution is 5.75.